The van der Waals surface area contributed by atoms with Crippen molar-refractivity contribution >= 4 is 17.7 Å². The van der Waals surface area contributed by atoms with Crippen LogP contribution in [0, 0.1) is 0 Å². The third-order valence-corrected chi connectivity index (χ3v) is 3.48. The fourth-order valence-electron chi connectivity index (χ4n) is 1.56. The Morgan fingerprint density at radius 1 is 1.50 bits per heavy atom. The molecule has 108 valence electrons. The summed E-state index contributed by atoms with van der Waals surface area (Å²) in [7, 11) is 1.34. The molecule has 2 aromatic heterocycles. The van der Waals surface area contributed by atoms with Crippen molar-refractivity contribution in [1.29, 1.82) is 0 Å². The van der Waals surface area contributed by atoms with Crippen LogP contribution in [0.5, 0.6) is 0 Å². The molecule has 0 saturated carbocycles. The number of nitrogens with zero attached hydrogens (tertiary/aromatic N) is 4. The van der Waals surface area contributed by atoms with E-state index in [2.05, 4.69) is 15.5 Å². The molecule has 0 N–H and O–H groups in total. The van der Waals surface area contributed by atoms with Gasteiger partial charge >= 0.3 is 5.97 Å². The van der Waals surface area contributed by atoms with Crippen LogP contribution in [0.2, 0.25) is 0 Å². The molecule has 0 radical (unpaired) electrons. The van der Waals surface area contributed by atoms with Gasteiger partial charge in [-0.05, 0) is 37.3 Å². The van der Waals surface area contributed by atoms with Gasteiger partial charge in [0.05, 0.1) is 24.7 Å². The SMILES string of the molecule is COC(=O)c1ccoc1CSc1nnnn1C(C)(C)C. The van der Waals surface area contributed by atoms with Gasteiger partial charge in [0.15, 0.2) is 0 Å². The molecule has 20 heavy (non-hydrogen) atoms. The quantitative estimate of drug-likeness (QED) is 0.631. The molecule has 0 amide bonds. The van der Waals surface area contributed by atoms with Gasteiger partial charge < -0.3 is 9.15 Å². The van der Waals surface area contributed by atoms with Crippen LogP contribution in [0.4, 0.5) is 0 Å². The lowest BCUT2D eigenvalue weighted by atomic mass is 10.1. The standard InChI is InChI=1S/C12H16N4O3S/c1-12(2,3)16-11(13-14-15-16)20-7-9-8(5-6-19-9)10(17)18-4/h5-6H,7H2,1-4H3. The molecule has 7 nitrogen and oxygen atoms in total. The Bertz CT molecular complexity index is 600. The van der Waals surface area contributed by atoms with Crippen molar-refractivity contribution in [3.63, 3.8) is 0 Å². The van der Waals surface area contributed by atoms with Crippen molar-refractivity contribution < 1.29 is 13.9 Å². The highest BCUT2D eigenvalue weighted by Crippen LogP contribution is 2.26. The summed E-state index contributed by atoms with van der Waals surface area (Å²) in [6.07, 6.45) is 1.47. The largest absolute Gasteiger partial charge is 0.468 e. The maximum absolute atomic E-state index is 11.5. The van der Waals surface area contributed by atoms with Crippen molar-refractivity contribution in [2.24, 2.45) is 0 Å². The predicted octanol–water partition coefficient (Wildman–Crippen LogP) is 2.10. The number of ether oxygens (including phenoxy) is 1. The predicted molar refractivity (Wildman–Crippen MR) is 72.4 cm³/mol. The highest BCUT2D eigenvalue weighted by Gasteiger charge is 2.21. The Balaban J connectivity index is 2.12. The minimum Gasteiger partial charge on any atom is -0.468 e. The lowest BCUT2D eigenvalue weighted by molar-refractivity contribution is 0.0598. The Morgan fingerprint density at radius 3 is 2.90 bits per heavy atom. The van der Waals surface area contributed by atoms with E-state index in [1.807, 2.05) is 20.8 Å². The maximum atomic E-state index is 11.5. The van der Waals surface area contributed by atoms with Gasteiger partial charge in [0.1, 0.15) is 11.3 Å². The van der Waals surface area contributed by atoms with Crippen molar-refractivity contribution in [3.8, 4) is 0 Å². The highest BCUT2D eigenvalue weighted by atomic mass is 32.2. The molecular weight excluding hydrogens is 280 g/mol. The molecule has 0 fully saturated rings. The van der Waals surface area contributed by atoms with Crippen LogP contribution in [-0.4, -0.2) is 33.3 Å². The average Bonchev–Trinajstić information content (AvgIpc) is 3.03. The van der Waals surface area contributed by atoms with E-state index in [-0.39, 0.29) is 5.54 Å². The number of methoxy groups -OCH3 is 1. The molecule has 0 aliphatic carbocycles. The van der Waals surface area contributed by atoms with Crippen molar-refractivity contribution in [2.45, 2.75) is 37.2 Å². The molecule has 0 spiro atoms. The fourth-order valence-corrected chi connectivity index (χ4v) is 2.57. The summed E-state index contributed by atoms with van der Waals surface area (Å²) in [6.45, 7) is 6.04. The third kappa shape index (κ3) is 3.01. The van der Waals surface area contributed by atoms with Crippen LogP contribution in [0.3, 0.4) is 0 Å². The second-order valence-electron chi connectivity index (χ2n) is 5.08. The minimum atomic E-state index is -0.412. The molecule has 0 saturated heterocycles. The van der Waals surface area contributed by atoms with Crippen LogP contribution >= 0.6 is 11.8 Å². The monoisotopic (exact) mass is 296 g/mol. The Hall–Kier alpha value is -1.83. The molecule has 8 heteroatoms. The van der Waals surface area contributed by atoms with Gasteiger partial charge in [-0.2, -0.15) is 0 Å². The van der Waals surface area contributed by atoms with E-state index in [9.17, 15) is 4.79 Å². The lowest BCUT2D eigenvalue weighted by Gasteiger charge is -2.19. The Morgan fingerprint density at radius 2 is 2.25 bits per heavy atom. The van der Waals surface area contributed by atoms with Gasteiger partial charge in [-0.3, -0.25) is 0 Å². The van der Waals surface area contributed by atoms with Gasteiger partial charge in [-0.15, -0.1) is 5.10 Å². The van der Waals surface area contributed by atoms with Crippen LogP contribution in [0.1, 0.15) is 36.9 Å². The number of thioether (sulfide) groups is 1. The highest BCUT2D eigenvalue weighted by molar-refractivity contribution is 7.98. The van der Waals surface area contributed by atoms with Crippen molar-refractivity contribution in [3.05, 3.63) is 23.7 Å². The number of hydrogen-bond acceptors (Lipinski definition) is 7. The topological polar surface area (TPSA) is 83.0 Å². The lowest BCUT2D eigenvalue weighted by Crippen LogP contribution is -2.24. The molecule has 2 rings (SSSR count). The molecular formula is C12H16N4O3S. The van der Waals surface area contributed by atoms with Crippen LogP contribution < -0.4 is 0 Å². The summed E-state index contributed by atoms with van der Waals surface area (Å²) in [5.41, 5.74) is 0.218. The summed E-state index contributed by atoms with van der Waals surface area (Å²) in [6, 6.07) is 1.59. The molecule has 0 aliphatic rings. The zero-order valence-corrected chi connectivity index (χ0v) is 12.6. The molecule has 0 bridgehead atoms. The normalized spacial score (nSPS) is 11.6. The number of esters is 1. The van der Waals surface area contributed by atoms with E-state index >= 15 is 0 Å². The van der Waals surface area contributed by atoms with E-state index < -0.39 is 5.97 Å². The van der Waals surface area contributed by atoms with E-state index in [4.69, 9.17) is 9.15 Å². The Labute approximate surface area is 120 Å². The molecule has 0 atom stereocenters. The number of tetrazole rings is 1. The van der Waals surface area contributed by atoms with Crippen molar-refractivity contribution in [2.75, 3.05) is 7.11 Å². The first-order valence-electron chi connectivity index (χ1n) is 6.00. The van der Waals surface area contributed by atoms with Gasteiger partial charge in [-0.25, -0.2) is 9.48 Å². The molecule has 0 unspecified atom stereocenters. The zero-order chi connectivity index (χ0) is 14.8. The second kappa shape index (κ2) is 5.66. The first-order valence-corrected chi connectivity index (χ1v) is 6.98. The smallest absolute Gasteiger partial charge is 0.341 e. The van der Waals surface area contributed by atoms with Gasteiger partial charge in [0.25, 0.3) is 0 Å². The summed E-state index contributed by atoms with van der Waals surface area (Å²) < 4.78 is 11.7. The molecule has 0 aromatic carbocycles. The second-order valence-corrected chi connectivity index (χ2v) is 6.02. The molecule has 2 heterocycles. The van der Waals surface area contributed by atoms with Gasteiger partial charge in [-0.1, -0.05) is 11.8 Å². The zero-order valence-electron chi connectivity index (χ0n) is 11.8. The first kappa shape index (κ1) is 14.6. The van der Waals surface area contributed by atoms with E-state index in [0.29, 0.717) is 22.2 Å². The van der Waals surface area contributed by atoms with E-state index in [0.717, 1.165) is 0 Å². The number of furan rings is 1. The van der Waals surface area contributed by atoms with E-state index in [1.54, 1.807) is 10.7 Å². The Kier molecular flexibility index (Phi) is 4.12. The average molecular weight is 296 g/mol. The molecule has 2 aromatic rings. The summed E-state index contributed by atoms with van der Waals surface area (Å²) in [5, 5.41) is 12.3. The first-order chi connectivity index (χ1) is 9.43. The number of aromatic nitrogens is 4. The van der Waals surface area contributed by atoms with Crippen LogP contribution in [0.25, 0.3) is 0 Å². The number of hydrogen-bond donors (Lipinski definition) is 0. The summed E-state index contributed by atoms with van der Waals surface area (Å²) in [5.74, 6) is 0.587. The number of carbonyl (C=O) groups excluding carboxylic acids is 1. The minimum absolute atomic E-state index is 0.208. The summed E-state index contributed by atoms with van der Waals surface area (Å²) in [4.78, 5) is 11.5. The van der Waals surface area contributed by atoms with Gasteiger partial charge in [0.2, 0.25) is 5.16 Å². The van der Waals surface area contributed by atoms with Crippen LogP contribution in [-0.2, 0) is 16.0 Å². The fraction of sp³-hybridized carbons (Fsp3) is 0.500. The van der Waals surface area contributed by atoms with E-state index in [1.165, 1.54) is 25.1 Å². The van der Waals surface area contributed by atoms with Crippen molar-refractivity contribution in [1.82, 2.24) is 20.2 Å². The third-order valence-electron chi connectivity index (χ3n) is 2.56. The number of rotatable bonds is 4. The number of carbonyl (C=O) groups is 1. The molecule has 0 aliphatic heterocycles. The van der Waals surface area contributed by atoms with Gasteiger partial charge in [0, 0.05) is 0 Å². The maximum Gasteiger partial charge on any atom is 0.341 e. The summed E-state index contributed by atoms with van der Waals surface area (Å²) >= 11 is 1.41. The van der Waals surface area contributed by atoms with Crippen LogP contribution in [0.15, 0.2) is 21.9 Å².